The molecule has 1 aromatic carbocycles. The van der Waals surface area contributed by atoms with Crippen LogP contribution < -0.4 is 16.0 Å². The summed E-state index contributed by atoms with van der Waals surface area (Å²) in [5.41, 5.74) is 4.03. The van der Waals surface area contributed by atoms with Gasteiger partial charge in [-0.2, -0.15) is 11.3 Å². The zero-order valence-electron chi connectivity index (χ0n) is 9.61. The minimum Gasteiger partial charge on any atom is -0.497 e. The number of nitrogens with two attached hydrogens (primary N) is 1. The van der Waals surface area contributed by atoms with Crippen molar-refractivity contribution in [3.63, 3.8) is 0 Å². The zero-order valence-corrected chi connectivity index (χ0v) is 12.0. The fraction of sp³-hybridized carbons (Fsp3) is 0.167. The van der Waals surface area contributed by atoms with E-state index in [1.807, 2.05) is 10.8 Å². The van der Waals surface area contributed by atoms with E-state index in [-0.39, 0.29) is 5.82 Å². The molecule has 0 spiro atoms. The van der Waals surface area contributed by atoms with Gasteiger partial charge in [-0.15, -0.1) is 0 Å². The minimum atomic E-state index is -0.392. The SMILES string of the molecule is COc1ccc(C(NN)c2cscc2Br)c(F)c1. The quantitative estimate of drug-likeness (QED) is 0.668. The smallest absolute Gasteiger partial charge is 0.132 e. The number of thiophene rings is 1. The van der Waals surface area contributed by atoms with E-state index in [1.54, 1.807) is 12.1 Å². The molecule has 0 fully saturated rings. The maximum Gasteiger partial charge on any atom is 0.132 e. The second-order valence-corrected chi connectivity index (χ2v) is 5.26. The van der Waals surface area contributed by atoms with Gasteiger partial charge in [0.25, 0.3) is 0 Å². The Morgan fingerprint density at radius 2 is 2.17 bits per heavy atom. The third-order valence-corrected chi connectivity index (χ3v) is 4.39. The second kappa shape index (κ2) is 5.79. The van der Waals surface area contributed by atoms with Gasteiger partial charge in [-0.3, -0.25) is 5.84 Å². The standard InChI is InChI=1S/C12H12BrFN2OS/c1-17-7-2-3-8(11(14)4-7)12(16-15)9-5-18-6-10(9)13/h2-6,12,16H,15H2,1H3. The fourth-order valence-electron chi connectivity index (χ4n) is 1.71. The largest absolute Gasteiger partial charge is 0.497 e. The van der Waals surface area contributed by atoms with Gasteiger partial charge in [0.05, 0.1) is 13.2 Å². The van der Waals surface area contributed by atoms with Crippen LogP contribution in [0.15, 0.2) is 33.4 Å². The number of hydrogen-bond donors (Lipinski definition) is 2. The van der Waals surface area contributed by atoms with Gasteiger partial charge in [0.2, 0.25) is 0 Å². The summed E-state index contributed by atoms with van der Waals surface area (Å²) in [7, 11) is 1.50. The molecule has 6 heteroatoms. The van der Waals surface area contributed by atoms with E-state index >= 15 is 0 Å². The molecule has 0 aliphatic rings. The molecule has 96 valence electrons. The van der Waals surface area contributed by atoms with Gasteiger partial charge in [0, 0.05) is 21.5 Å². The zero-order chi connectivity index (χ0) is 13.1. The predicted molar refractivity (Wildman–Crippen MR) is 74.1 cm³/mol. The van der Waals surface area contributed by atoms with E-state index in [1.165, 1.54) is 24.5 Å². The van der Waals surface area contributed by atoms with Crippen LogP contribution in [0.4, 0.5) is 4.39 Å². The highest BCUT2D eigenvalue weighted by Crippen LogP contribution is 2.33. The molecule has 2 aromatic rings. The van der Waals surface area contributed by atoms with Gasteiger partial charge in [0.15, 0.2) is 0 Å². The number of rotatable bonds is 4. The normalized spacial score (nSPS) is 12.4. The van der Waals surface area contributed by atoms with Crippen LogP contribution in [0.25, 0.3) is 0 Å². The molecular formula is C12H12BrFN2OS. The summed E-state index contributed by atoms with van der Waals surface area (Å²) in [5.74, 6) is 5.67. The van der Waals surface area contributed by atoms with E-state index in [9.17, 15) is 4.39 Å². The Morgan fingerprint density at radius 3 is 2.67 bits per heavy atom. The highest BCUT2D eigenvalue weighted by molar-refractivity contribution is 9.10. The van der Waals surface area contributed by atoms with Crippen molar-refractivity contribution in [2.75, 3.05) is 7.11 Å². The number of methoxy groups -OCH3 is 1. The summed E-state index contributed by atoms with van der Waals surface area (Å²) in [6.45, 7) is 0. The van der Waals surface area contributed by atoms with Crippen molar-refractivity contribution in [3.8, 4) is 5.75 Å². The maximum atomic E-state index is 14.0. The average molecular weight is 331 g/mol. The molecule has 3 nitrogen and oxygen atoms in total. The number of nitrogens with one attached hydrogen (secondary N) is 1. The lowest BCUT2D eigenvalue weighted by Crippen LogP contribution is -2.29. The molecule has 0 aliphatic carbocycles. The highest BCUT2D eigenvalue weighted by Gasteiger charge is 2.19. The minimum absolute atomic E-state index is 0.351. The lowest BCUT2D eigenvalue weighted by Gasteiger charge is -2.17. The molecule has 18 heavy (non-hydrogen) atoms. The van der Waals surface area contributed by atoms with Crippen molar-refractivity contribution in [2.45, 2.75) is 6.04 Å². The molecule has 0 radical (unpaired) electrons. The Kier molecular flexibility index (Phi) is 4.34. The van der Waals surface area contributed by atoms with Gasteiger partial charge in [-0.05, 0) is 32.9 Å². The number of ether oxygens (including phenoxy) is 1. The van der Waals surface area contributed by atoms with Crippen LogP contribution in [0.1, 0.15) is 17.2 Å². The molecule has 1 atom stereocenters. The summed E-state index contributed by atoms with van der Waals surface area (Å²) < 4.78 is 19.9. The molecular weight excluding hydrogens is 319 g/mol. The number of hydrogen-bond acceptors (Lipinski definition) is 4. The van der Waals surface area contributed by atoms with Gasteiger partial charge >= 0.3 is 0 Å². The third-order valence-electron chi connectivity index (χ3n) is 2.64. The topological polar surface area (TPSA) is 47.3 Å². The van der Waals surface area contributed by atoms with E-state index in [0.29, 0.717) is 11.3 Å². The Hall–Kier alpha value is -0.950. The molecule has 0 bridgehead atoms. The van der Waals surface area contributed by atoms with Gasteiger partial charge in [0.1, 0.15) is 11.6 Å². The van der Waals surface area contributed by atoms with Crippen LogP contribution in [0.5, 0.6) is 5.75 Å². The number of halogens is 2. The van der Waals surface area contributed by atoms with E-state index in [0.717, 1.165) is 10.0 Å². The summed E-state index contributed by atoms with van der Waals surface area (Å²) in [6.07, 6.45) is 0. The Labute approximate surface area is 117 Å². The molecule has 0 amide bonds. The van der Waals surface area contributed by atoms with Crippen LogP contribution in [0.3, 0.4) is 0 Å². The monoisotopic (exact) mass is 330 g/mol. The summed E-state index contributed by atoms with van der Waals surface area (Å²) >= 11 is 4.95. The maximum absolute atomic E-state index is 14.0. The predicted octanol–water partition coefficient (Wildman–Crippen LogP) is 3.21. The van der Waals surface area contributed by atoms with Crippen molar-refractivity contribution < 1.29 is 9.13 Å². The molecule has 1 heterocycles. The van der Waals surface area contributed by atoms with Crippen molar-refractivity contribution in [1.29, 1.82) is 0 Å². The van der Waals surface area contributed by atoms with Gasteiger partial charge < -0.3 is 4.74 Å². The van der Waals surface area contributed by atoms with Crippen LogP contribution in [-0.2, 0) is 0 Å². The van der Waals surface area contributed by atoms with Gasteiger partial charge in [-0.25, -0.2) is 9.82 Å². The van der Waals surface area contributed by atoms with E-state index in [4.69, 9.17) is 10.6 Å². The van der Waals surface area contributed by atoms with Gasteiger partial charge in [-0.1, -0.05) is 6.07 Å². The molecule has 1 unspecified atom stereocenters. The molecule has 2 rings (SSSR count). The summed E-state index contributed by atoms with van der Waals surface area (Å²) in [4.78, 5) is 0. The fourth-order valence-corrected chi connectivity index (χ4v) is 3.27. The lowest BCUT2D eigenvalue weighted by atomic mass is 10.0. The molecule has 0 saturated carbocycles. The highest BCUT2D eigenvalue weighted by atomic mass is 79.9. The summed E-state index contributed by atoms with van der Waals surface area (Å²) in [5, 5.41) is 3.86. The van der Waals surface area contributed by atoms with Crippen LogP contribution >= 0.6 is 27.3 Å². The van der Waals surface area contributed by atoms with E-state index < -0.39 is 6.04 Å². The van der Waals surface area contributed by atoms with Crippen molar-refractivity contribution in [1.82, 2.24) is 5.43 Å². The molecule has 0 aliphatic heterocycles. The lowest BCUT2D eigenvalue weighted by molar-refractivity contribution is 0.410. The molecule has 1 aromatic heterocycles. The first kappa shape index (κ1) is 13.5. The Morgan fingerprint density at radius 1 is 1.39 bits per heavy atom. The first-order valence-corrected chi connectivity index (χ1v) is 6.92. The Bertz CT molecular complexity index is 547. The van der Waals surface area contributed by atoms with Crippen molar-refractivity contribution in [3.05, 3.63) is 50.4 Å². The average Bonchev–Trinajstić information content (AvgIpc) is 2.78. The van der Waals surface area contributed by atoms with Crippen molar-refractivity contribution in [2.24, 2.45) is 5.84 Å². The van der Waals surface area contributed by atoms with Crippen LogP contribution in [-0.4, -0.2) is 7.11 Å². The van der Waals surface area contributed by atoms with E-state index in [2.05, 4.69) is 21.4 Å². The number of hydrazine groups is 1. The number of benzene rings is 1. The molecule has 0 saturated heterocycles. The van der Waals surface area contributed by atoms with Crippen molar-refractivity contribution >= 4 is 27.3 Å². The summed E-state index contributed by atoms with van der Waals surface area (Å²) in [6, 6.07) is 4.34. The Balaban J connectivity index is 2.42. The second-order valence-electron chi connectivity index (χ2n) is 3.66. The molecule has 3 N–H and O–H groups in total. The first-order chi connectivity index (χ1) is 8.67. The first-order valence-electron chi connectivity index (χ1n) is 5.18. The third kappa shape index (κ3) is 2.56. The van der Waals surface area contributed by atoms with Crippen LogP contribution in [0, 0.1) is 5.82 Å². The van der Waals surface area contributed by atoms with Crippen LogP contribution in [0.2, 0.25) is 0 Å².